The van der Waals surface area contributed by atoms with Crippen molar-refractivity contribution in [2.24, 2.45) is 0 Å². The minimum Gasteiger partial charge on any atom is -0.454 e. The van der Waals surface area contributed by atoms with Crippen molar-refractivity contribution < 1.29 is 22.6 Å². The van der Waals surface area contributed by atoms with Crippen LogP contribution >= 0.6 is 0 Å². The van der Waals surface area contributed by atoms with E-state index in [1.54, 1.807) is 6.07 Å². The van der Waals surface area contributed by atoms with Gasteiger partial charge in [-0.15, -0.1) is 0 Å². The molecule has 30 heavy (non-hydrogen) atoms. The zero-order valence-corrected chi connectivity index (χ0v) is 18.0. The van der Waals surface area contributed by atoms with Gasteiger partial charge in [0, 0.05) is 51.5 Å². The largest absolute Gasteiger partial charge is 0.454 e. The van der Waals surface area contributed by atoms with Gasteiger partial charge in [0.15, 0.2) is 11.5 Å². The zero-order chi connectivity index (χ0) is 21.1. The van der Waals surface area contributed by atoms with Gasteiger partial charge in [0.2, 0.25) is 16.8 Å². The van der Waals surface area contributed by atoms with Crippen molar-refractivity contribution in [2.45, 2.75) is 10.9 Å². The molecule has 0 unspecified atom stereocenters. The van der Waals surface area contributed by atoms with E-state index in [0.717, 1.165) is 24.3 Å². The summed E-state index contributed by atoms with van der Waals surface area (Å²) in [6.07, 6.45) is 0. The van der Waals surface area contributed by atoms with Gasteiger partial charge in [-0.25, -0.2) is 13.1 Å². The number of anilines is 1. The average Bonchev–Trinajstić information content (AvgIpc) is 3.23. The van der Waals surface area contributed by atoms with Gasteiger partial charge in [-0.05, 0) is 29.8 Å². The maximum absolute atomic E-state index is 12.9. The third-order valence-electron chi connectivity index (χ3n) is 5.40. The molecule has 1 N–H and O–H groups in total. The molecule has 2 aromatic rings. The predicted octanol–water partition coefficient (Wildman–Crippen LogP) is 1.83. The molecule has 0 aliphatic carbocycles. The lowest BCUT2D eigenvalue weighted by molar-refractivity contribution is 0.0172. The van der Waals surface area contributed by atoms with E-state index in [9.17, 15) is 8.42 Å². The number of morpholine rings is 1. The number of nitrogens with zero attached hydrogens (tertiary/aromatic N) is 2. The molecule has 0 saturated carbocycles. The van der Waals surface area contributed by atoms with Gasteiger partial charge >= 0.3 is 0 Å². The summed E-state index contributed by atoms with van der Waals surface area (Å²) in [6, 6.07) is 12.8. The van der Waals surface area contributed by atoms with E-state index in [1.807, 2.05) is 19.0 Å². The van der Waals surface area contributed by atoms with E-state index in [1.165, 1.54) is 12.1 Å². The number of benzene rings is 2. The van der Waals surface area contributed by atoms with Crippen LogP contribution in [0.3, 0.4) is 0 Å². The van der Waals surface area contributed by atoms with E-state index in [4.69, 9.17) is 14.2 Å². The number of fused-ring (bicyclic) bond motifs is 1. The van der Waals surface area contributed by atoms with Crippen molar-refractivity contribution in [1.82, 2.24) is 9.62 Å². The minimum absolute atomic E-state index is 0.0890. The Morgan fingerprint density at radius 3 is 2.43 bits per heavy atom. The van der Waals surface area contributed by atoms with Gasteiger partial charge in [0.25, 0.3) is 0 Å². The van der Waals surface area contributed by atoms with Crippen molar-refractivity contribution in [3.63, 3.8) is 0 Å². The van der Waals surface area contributed by atoms with Crippen LogP contribution in [0.15, 0.2) is 47.4 Å². The van der Waals surface area contributed by atoms with Crippen LogP contribution in [-0.4, -0.2) is 67.1 Å². The number of sulfonamides is 1. The van der Waals surface area contributed by atoms with Crippen LogP contribution < -0.4 is 19.1 Å². The van der Waals surface area contributed by atoms with Crippen LogP contribution in [0.1, 0.15) is 11.6 Å². The zero-order valence-electron chi connectivity index (χ0n) is 17.2. The molecule has 1 saturated heterocycles. The molecule has 1 fully saturated rings. The first-order valence-corrected chi connectivity index (χ1v) is 11.4. The second-order valence-electron chi connectivity index (χ2n) is 7.52. The Bertz CT molecular complexity index is 973. The predicted molar refractivity (Wildman–Crippen MR) is 114 cm³/mol. The highest BCUT2D eigenvalue weighted by Gasteiger charge is 2.26. The number of nitrogens with one attached hydrogen (secondary N) is 1. The molecule has 0 radical (unpaired) electrons. The first-order chi connectivity index (χ1) is 14.4. The molecule has 0 amide bonds. The molecule has 2 heterocycles. The minimum atomic E-state index is -3.70. The molecule has 162 valence electrons. The molecule has 2 aliphatic rings. The summed E-state index contributed by atoms with van der Waals surface area (Å²) in [7, 11) is 0.291. The van der Waals surface area contributed by atoms with E-state index in [-0.39, 0.29) is 24.3 Å². The van der Waals surface area contributed by atoms with Crippen molar-refractivity contribution in [3.05, 3.63) is 48.0 Å². The highest BCUT2D eigenvalue weighted by molar-refractivity contribution is 7.89. The molecule has 0 aromatic heterocycles. The van der Waals surface area contributed by atoms with Crippen LogP contribution in [0.2, 0.25) is 0 Å². The monoisotopic (exact) mass is 433 g/mol. The molecular weight excluding hydrogens is 406 g/mol. The Balaban J connectivity index is 1.53. The van der Waals surface area contributed by atoms with Crippen LogP contribution in [-0.2, 0) is 14.8 Å². The van der Waals surface area contributed by atoms with Crippen molar-refractivity contribution in [3.8, 4) is 11.5 Å². The molecule has 2 aromatic carbocycles. The first kappa shape index (κ1) is 20.9. The second kappa shape index (κ2) is 8.81. The Morgan fingerprint density at radius 1 is 1.03 bits per heavy atom. The maximum Gasteiger partial charge on any atom is 0.240 e. The number of hydrogen-bond donors (Lipinski definition) is 1. The molecule has 8 nitrogen and oxygen atoms in total. The second-order valence-corrected chi connectivity index (χ2v) is 9.28. The molecule has 2 aliphatic heterocycles. The van der Waals surface area contributed by atoms with Crippen molar-refractivity contribution in [1.29, 1.82) is 0 Å². The van der Waals surface area contributed by atoms with E-state index in [0.29, 0.717) is 24.7 Å². The third kappa shape index (κ3) is 4.54. The number of ether oxygens (including phenoxy) is 3. The Hall–Kier alpha value is -2.33. The Kier molecular flexibility index (Phi) is 6.14. The lowest BCUT2D eigenvalue weighted by Gasteiger charge is -2.35. The summed E-state index contributed by atoms with van der Waals surface area (Å²) in [5, 5.41) is 0. The summed E-state index contributed by atoms with van der Waals surface area (Å²) in [5.74, 6) is 1.00. The van der Waals surface area contributed by atoms with Crippen LogP contribution in [0.4, 0.5) is 5.69 Å². The van der Waals surface area contributed by atoms with Gasteiger partial charge in [-0.2, -0.15) is 0 Å². The van der Waals surface area contributed by atoms with E-state index < -0.39 is 10.0 Å². The smallest absolute Gasteiger partial charge is 0.240 e. The normalized spacial score (nSPS) is 17.7. The lowest BCUT2D eigenvalue weighted by Crippen LogP contribution is -2.43. The maximum atomic E-state index is 12.9. The van der Waals surface area contributed by atoms with Gasteiger partial charge in [-0.1, -0.05) is 12.1 Å². The highest BCUT2D eigenvalue weighted by atomic mass is 32.2. The quantitative estimate of drug-likeness (QED) is 0.714. The Morgan fingerprint density at radius 2 is 1.73 bits per heavy atom. The molecule has 0 spiro atoms. The fourth-order valence-electron chi connectivity index (χ4n) is 3.66. The first-order valence-electron chi connectivity index (χ1n) is 9.92. The van der Waals surface area contributed by atoms with Crippen LogP contribution in [0.5, 0.6) is 11.5 Å². The summed E-state index contributed by atoms with van der Waals surface area (Å²) in [6.45, 7) is 3.16. The summed E-state index contributed by atoms with van der Waals surface area (Å²) >= 11 is 0. The average molecular weight is 434 g/mol. The summed E-state index contributed by atoms with van der Waals surface area (Å²) in [5.41, 5.74) is 2.16. The Labute approximate surface area is 177 Å². The van der Waals surface area contributed by atoms with Gasteiger partial charge < -0.3 is 19.1 Å². The molecule has 4 rings (SSSR count). The van der Waals surface area contributed by atoms with Crippen LogP contribution in [0, 0.1) is 0 Å². The van der Waals surface area contributed by atoms with E-state index >= 15 is 0 Å². The fraction of sp³-hybridized carbons (Fsp3) is 0.429. The summed E-state index contributed by atoms with van der Waals surface area (Å²) < 4.78 is 44.7. The third-order valence-corrected chi connectivity index (χ3v) is 6.82. The fourth-order valence-corrected chi connectivity index (χ4v) is 4.71. The van der Waals surface area contributed by atoms with Crippen molar-refractivity contribution in [2.75, 3.05) is 58.6 Å². The van der Waals surface area contributed by atoms with Gasteiger partial charge in [0.1, 0.15) is 0 Å². The standard InChI is InChI=1S/C21H27N3O5S/c1-23(2)17-5-3-16(4-6-17)19(24-9-11-27-12-10-24)14-22-30(25,26)18-7-8-20-21(13-18)29-15-28-20/h3-8,13,19,22H,9-12,14-15H2,1-2H3/t19-/m0/s1. The molecule has 9 heteroatoms. The van der Waals surface area contributed by atoms with E-state index in [2.05, 4.69) is 33.9 Å². The van der Waals surface area contributed by atoms with Gasteiger partial charge in [-0.3, -0.25) is 4.90 Å². The summed E-state index contributed by atoms with van der Waals surface area (Å²) in [4.78, 5) is 4.46. The molecular formula is C21H27N3O5S. The molecule has 0 bridgehead atoms. The number of hydrogen-bond acceptors (Lipinski definition) is 7. The van der Waals surface area contributed by atoms with Crippen molar-refractivity contribution >= 4 is 15.7 Å². The molecule has 1 atom stereocenters. The highest BCUT2D eigenvalue weighted by Crippen LogP contribution is 2.34. The van der Waals surface area contributed by atoms with Gasteiger partial charge in [0.05, 0.1) is 18.1 Å². The van der Waals surface area contributed by atoms with Crippen LogP contribution in [0.25, 0.3) is 0 Å². The topological polar surface area (TPSA) is 80.3 Å². The SMILES string of the molecule is CN(C)c1ccc([C@H](CNS(=O)(=O)c2ccc3c(c2)OCO3)N2CCOCC2)cc1. The number of rotatable bonds is 7. The lowest BCUT2D eigenvalue weighted by atomic mass is 10.0.